The van der Waals surface area contributed by atoms with Crippen molar-refractivity contribution >= 4 is 34.9 Å². The van der Waals surface area contributed by atoms with E-state index in [1.54, 1.807) is 6.92 Å². The van der Waals surface area contributed by atoms with Gasteiger partial charge in [-0.3, -0.25) is 9.59 Å². The molecular weight excluding hydrogens is 363 g/mol. The first kappa shape index (κ1) is 19.6. The zero-order valence-corrected chi connectivity index (χ0v) is 14.5. The highest BCUT2D eigenvalue weighted by atomic mass is 35.5. The molecule has 2 rings (SSSR count). The third-order valence-electron chi connectivity index (χ3n) is 3.43. The summed E-state index contributed by atoms with van der Waals surface area (Å²) in [5.74, 6) is -3.15. The average Bonchev–Trinajstić information content (AvgIpc) is 2.62. The van der Waals surface area contributed by atoms with Crippen LogP contribution in [0.25, 0.3) is 0 Å². The molecule has 0 fully saturated rings. The van der Waals surface area contributed by atoms with Crippen LogP contribution in [0.1, 0.15) is 22.8 Å². The summed E-state index contributed by atoms with van der Waals surface area (Å²) in [6.45, 7) is 1.64. The van der Waals surface area contributed by atoms with E-state index in [0.717, 1.165) is 6.07 Å². The molecule has 0 saturated heterocycles. The fraction of sp³-hybridized carbons (Fsp3) is 0.167. The number of hydrogen-bond donors (Lipinski definition) is 2. The van der Waals surface area contributed by atoms with Crippen molar-refractivity contribution in [2.24, 2.45) is 5.73 Å². The number of ketones is 1. The number of ether oxygens (including phenoxy) is 1. The molecule has 0 aromatic heterocycles. The van der Waals surface area contributed by atoms with E-state index in [4.69, 9.17) is 17.3 Å². The maximum atomic E-state index is 13.9. The lowest BCUT2D eigenvalue weighted by Gasteiger charge is -2.14. The van der Waals surface area contributed by atoms with Crippen molar-refractivity contribution < 1.29 is 23.5 Å². The number of carbonyl (C=O) groups excluding carboxylic acids is 3. The summed E-state index contributed by atoms with van der Waals surface area (Å²) >= 11 is 5.92. The predicted octanol–water partition coefficient (Wildman–Crippen LogP) is 2.54. The van der Waals surface area contributed by atoms with Crippen molar-refractivity contribution in [3.63, 3.8) is 0 Å². The van der Waals surface area contributed by atoms with Crippen molar-refractivity contribution in [2.75, 3.05) is 11.9 Å². The van der Waals surface area contributed by atoms with Crippen molar-refractivity contribution in [3.8, 4) is 0 Å². The number of esters is 1. The molecule has 1 amide bonds. The smallest absolute Gasteiger partial charge is 0.332 e. The topological polar surface area (TPSA) is 98.5 Å². The summed E-state index contributed by atoms with van der Waals surface area (Å²) in [6.07, 6.45) is 0. The third kappa shape index (κ3) is 4.44. The van der Waals surface area contributed by atoms with Crippen molar-refractivity contribution in [3.05, 3.63) is 64.4 Å². The number of nitrogens with two attached hydrogens (primary N) is 1. The zero-order valence-electron chi connectivity index (χ0n) is 13.8. The standard InChI is InChI=1S/C18H16ClFN2O4/c1-2-26-18(25)15(21)17(24)22-14-8-7-10(19)9-12(14)16(23)11-5-3-4-6-13(11)20/h3-9,15H,2,21H2,1H3,(H,22,24). The highest BCUT2D eigenvalue weighted by molar-refractivity contribution is 6.31. The summed E-state index contributed by atoms with van der Waals surface area (Å²) in [4.78, 5) is 36.4. The van der Waals surface area contributed by atoms with Crippen LogP contribution in [-0.2, 0) is 14.3 Å². The Balaban J connectivity index is 2.34. The van der Waals surface area contributed by atoms with Crippen LogP contribution in [0.2, 0.25) is 5.02 Å². The molecule has 6 nitrogen and oxygen atoms in total. The van der Waals surface area contributed by atoms with Gasteiger partial charge in [0.25, 0.3) is 5.91 Å². The van der Waals surface area contributed by atoms with Gasteiger partial charge in [0, 0.05) is 10.6 Å². The molecule has 0 aliphatic rings. The molecule has 3 N–H and O–H groups in total. The molecule has 0 radical (unpaired) electrons. The van der Waals surface area contributed by atoms with Crippen LogP contribution in [-0.4, -0.2) is 30.3 Å². The Kier molecular flexibility index (Phi) is 6.43. The normalized spacial score (nSPS) is 11.5. The minimum atomic E-state index is -1.57. The summed E-state index contributed by atoms with van der Waals surface area (Å²) in [5.41, 5.74) is 5.36. The number of amides is 1. The highest BCUT2D eigenvalue weighted by Gasteiger charge is 2.25. The molecule has 136 valence electrons. The molecule has 1 unspecified atom stereocenters. The first-order valence-electron chi connectivity index (χ1n) is 7.67. The Bertz CT molecular complexity index is 857. The van der Waals surface area contributed by atoms with Crippen LogP contribution < -0.4 is 11.1 Å². The van der Waals surface area contributed by atoms with E-state index in [2.05, 4.69) is 10.1 Å². The van der Waals surface area contributed by atoms with Crippen LogP contribution in [0, 0.1) is 5.82 Å². The largest absolute Gasteiger partial charge is 0.464 e. The molecule has 0 bridgehead atoms. The van der Waals surface area contributed by atoms with Crippen LogP contribution in [0.5, 0.6) is 0 Å². The summed E-state index contributed by atoms with van der Waals surface area (Å²) < 4.78 is 18.6. The molecule has 0 spiro atoms. The lowest BCUT2D eigenvalue weighted by molar-refractivity contribution is -0.146. The summed E-state index contributed by atoms with van der Waals surface area (Å²) in [7, 11) is 0. The number of benzene rings is 2. The van der Waals surface area contributed by atoms with Gasteiger partial charge in [-0.1, -0.05) is 23.7 Å². The van der Waals surface area contributed by atoms with E-state index in [-0.39, 0.29) is 28.4 Å². The summed E-state index contributed by atoms with van der Waals surface area (Å²) in [6, 6.07) is 7.95. The number of anilines is 1. The number of rotatable bonds is 6. The van der Waals surface area contributed by atoms with Gasteiger partial charge in [0.15, 0.2) is 11.8 Å². The molecule has 0 heterocycles. The quantitative estimate of drug-likeness (QED) is 0.457. The molecule has 0 aliphatic carbocycles. The maximum Gasteiger partial charge on any atom is 0.332 e. The van der Waals surface area contributed by atoms with Gasteiger partial charge in [0.2, 0.25) is 0 Å². The van der Waals surface area contributed by atoms with Crippen LogP contribution in [0.15, 0.2) is 42.5 Å². The second-order valence-electron chi connectivity index (χ2n) is 5.22. The first-order valence-corrected chi connectivity index (χ1v) is 8.04. The van der Waals surface area contributed by atoms with Crippen LogP contribution >= 0.6 is 11.6 Å². The minimum absolute atomic E-state index is 0.0352. The van der Waals surface area contributed by atoms with Crippen LogP contribution in [0.3, 0.4) is 0 Å². The fourth-order valence-electron chi connectivity index (χ4n) is 2.15. The first-order chi connectivity index (χ1) is 12.3. The van der Waals surface area contributed by atoms with Crippen molar-refractivity contribution in [1.82, 2.24) is 0 Å². The van der Waals surface area contributed by atoms with E-state index >= 15 is 0 Å². The zero-order chi connectivity index (χ0) is 19.3. The maximum absolute atomic E-state index is 13.9. The molecule has 8 heteroatoms. The van der Waals surface area contributed by atoms with Gasteiger partial charge in [0.05, 0.1) is 17.9 Å². The van der Waals surface area contributed by atoms with Gasteiger partial charge in [-0.05, 0) is 37.3 Å². The third-order valence-corrected chi connectivity index (χ3v) is 3.66. The second-order valence-corrected chi connectivity index (χ2v) is 5.65. The number of hydrogen-bond acceptors (Lipinski definition) is 5. The summed E-state index contributed by atoms with van der Waals surface area (Å²) in [5, 5.41) is 2.60. The van der Waals surface area contributed by atoms with Crippen molar-refractivity contribution in [1.29, 1.82) is 0 Å². The lowest BCUT2D eigenvalue weighted by Crippen LogP contribution is -2.43. The van der Waals surface area contributed by atoms with Crippen molar-refractivity contribution in [2.45, 2.75) is 13.0 Å². The van der Waals surface area contributed by atoms with E-state index in [1.807, 2.05) is 0 Å². The Labute approximate surface area is 154 Å². The Morgan fingerprint density at radius 2 is 1.88 bits per heavy atom. The van der Waals surface area contributed by atoms with Gasteiger partial charge in [-0.15, -0.1) is 0 Å². The molecule has 0 aliphatic heterocycles. The van der Waals surface area contributed by atoms with Gasteiger partial charge < -0.3 is 15.8 Å². The number of carbonyl (C=O) groups is 3. The monoisotopic (exact) mass is 378 g/mol. The van der Waals surface area contributed by atoms with E-state index in [1.165, 1.54) is 36.4 Å². The van der Waals surface area contributed by atoms with E-state index in [9.17, 15) is 18.8 Å². The predicted molar refractivity (Wildman–Crippen MR) is 94.5 cm³/mol. The molecule has 0 saturated carbocycles. The molecular formula is C18H16ClFN2O4. The SMILES string of the molecule is CCOC(=O)C(N)C(=O)Nc1ccc(Cl)cc1C(=O)c1ccccc1F. The Morgan fingerprint density at radius 3 is 2.54 bits per heavy atom. The molecule has 1 atom stereocenters. The lowest BCUT2D eigenvalue weighted by atomic mass is 10.0. The van der Waals surface area contributed by atoms with Gasteiger partial charge in [-0.25, -0.2) is 9.18 Å². The molecule has 26 heavy (non-hydrogen) atoms. The van der Waals surface area contributed by atoms with Crippen LogP contribution in [0.4, 0.5) is 10.1 Å². The molecule has 2 aromatic carbocycles. The average molecular weight is 379 g/mol. The van der Waals surface area contributed by atoms with E-state index in [0.29, 0.717) is 0 Å². The Morgan fingerprint density at radius 1 is 1.19 bits per heavy atom. The molecule has 2 aromatic rings. The second kappa shape index (κ2) is 8.55. The highest BCUT2D eigenvalue weighted by Crippen LogP contribution is 2.25. The van der Waals surface area contributed by atoms with E-state index < -0.39 is 29.5 Å². The fourth-order valence-corrected chi connectivity index (χ4v) is 2.33. The Hall–Kier alpha value is -2.77. The van der Waals surface area contributed by atoms with Gasteiger partial charge in [0.1, 0.15) is 5.82 Å². The van der Waals surface area contributed by atoms with Gasteiger partial charge in [-0.2, -0.15) is 0 Å². The van der Waals surface area contributed by atoms with Gasteiger partial charge >= 0.3 is 5.97 Å². The number of halogens is 2. The minimum Gasteiger partial charge on any atom is -0.464 e. The number of nitrogens with one attached hydrogen (secondary N) is 1.